The Kier molecular flexibility index (Phi) is 5.60. The second kappa shape index (κ2) is 8.50. The maximum absolute atomic E-state index is 6.33. The number of hydrogen-bond donors (Lipinski definition) is 0. The molecule has 1 fully saturated rings. The van der Waals surface area contributed by atoms with E-state index in [-0.39, 0.29) is 0 Å². The normalized spacial score (nSPS) is 16.7. The molecule has 1 saturated heterocycles. The highest BCUT2D eigenvalue weighted by molar-refractivity contribution is 6.30. The molecular formula is C25H23Cl2N3. The number of piperidine rings is 1. The quantitative estimate of drug-likeness (QED) is 0.463. The summed E-state index contributed by atoms with van der Waals surface area (Å²) in [6, 6.07) is 14.6. The number of benzene rings is 1. The molecule has 0 amide bonds. The fourth-order valence-corrected chi connectivity index (χ4v) is 5.02. The van der Waals surface area contributed by atoms with Crippen LogP contribution < -0.4 is 0 Å². The number of fused-ring (bicyclic) bond motifs is 2. The Morgan fingerprint density at radius 3 is 2.43 bits per heavy atom. The van der Waals surface area contributed by atoms with Crippen molar-refractivity contribution in [2.75, 3.05) is 13.1 Å². The highest BCUT2D eigenvalue weighted by atomic mass is 35.5. The first-order chi connectivity index (χ1) is 14.7. The van der Waals surface area contributed by atoms with E-state index in [0.717, 1.165) is 61.6 Å². The lowest BCUT2D eigenvalue weighted by Crippen LogP contribution is -2.30. The van der Waals surface area contributed by atoms with Crippen molar-refractivity contribution < 1.29 is 0 Å². The van der Waals surface area contributed by atoms with Gasteiger partial charge in [0.15, 0.2) is 0 Å². The summed E-state index contributed by atoms with van der Waals surface area (Å²) in [6.07, 6.45) is 7.72. The van der Waals surface area contributed by atoms with Gasteiger partial charge in [-0.2, -0.15) is 0 Å². The second-order valence-electron chi connectivity index (χ2n) is 8.02. The molecule has 1 aliphatic heterocycles. The molecule has 1 aromatic carbocycles. The Hall–Kier alpha value is -2.20. The number of hydrogen-bond acceptors (Lipinski definition) is 3. The molecule has 0 N–H and O–H groups in total. The molecule has 5 heteroatoms. The zero-order chi connectivity index (χ0) is 20.5. The molecule has 3 aromatic rings. The lowest BCUT2D eigenvalue weighted by molar-refractivity contribution is 0.248. The summed E-state index contributed by atoms with van der Waals surface area (Å²) < 4.78 is 0. The Balaban J connectivity index is 1.48. The summed E-state index contributed by atoms with van der Waals surface area (Å²) in [7, 11) is 0. The van der Waals surface area contributed by atoms with Crippen molar-refractivity contribution in [2.45, 2.75) is 32.2 Å². The van der Waals surface area contributed by atoms with Gasteiger partial charge in [0, 0.05) is 48.2 Å². The van der Waals surface area contributed by atoms with E-state index in [1.165, 1.54) is 27.8 Å². The molecule has 0 bridgehead atoms. The third kappa shape index (κ3) is 3.90. The molecule has 2 aromatic heterocycles. The molecule has 2 aliphatic rings. The molecule has 1 aliphatic carbocycles. The first kappa shape index (κ1) is 19.7. The SMILES string of the molecule is Clc1ccc2c(c1)CCc1cccnc1C2=C1CCN(Cc2cccnc2Cl)CC1. The van der Waals surface area contributed by atoms with Gasteiger partial charge in [-0.3, -0.25) is 9.88 Å². The maximum atomic E-state index is 6.33. The molecular weight excluding hydrogens is 413 g/mol. The van der Waals surface area contributed by atoms with Gasteiger partial charge in [-0.15, -0.1) is 0 Å². The number of aryl methyl sites for hydroxylation is 2. The lowest BCUT2D eigenvalue weighted by atomic mass is 9.88. The third-order valence-electron chi connectivity index (χ3n) is 6.17. The van der Waals surface area contributed by atoms with Crippen LogP contribution in [0.15, 0.2) is 60.4 Å². The van der Waals surface area contributed by atoms with Crippen LogP contribution in [0.5, 0.6) is 0 Å². The zero-order valence-corrected chi connectivity index (χ0v) is 18.3. The molecule has 0 spiro atoms. The summed E-state index contributed by atoms with van der Waals surface area (Å²) in [6.45, 7) is 2.86. The largest absolute Gasteiger partial charge is 0.298 e. The molecule has 0 saturated carbocycles. The number of nitrogens with zero attached hydrogens (tertiary/aromatic N) is 3. The summed E-state index contributed by atoms with van der Waals surface area (Å²) >= 11 is 12.6. The highest BCUT2D eigenvalue weighted by Gasteiger charge is 2.25. The topological polar surface area (TPSA) is 29.0 Å². The van der Waals surface area contributed by atoms with Gasteiger partial charge in [0.1, 0.15) is 5.15 Å². The molecule has 3 heterocycles. The van der Waals surface area contributed by atoms with Crippen LogP contribution in [0.4, 0.5) is 0 Å². The van der Waals surface area contributed by atoms with Crippen LogP contribution in [0.2, 0.25) is 10.2 Å². The smallest absolute Gasteiger partial charge is 0.133 e. The molecule has 0 unspecified atom stereocenters. The maximum Gasteiger partial charge on any atom is 0.133 e. The van der Waals surface area contributed by atoms with Crippen molar-refractivity contribution in [3.63, 3.8) is 0 Å². The molecule has 152 valence electrons. The number of pyridine rings is 2. The van der Waals surface area contributed by atoms with E-state index in [9.17, 15) is 0 Å². The zero-order valence-electron chi connectivity index (χ0n) is 16.7. The Bertz CT molecular complexity index is 1110. The van der Waals surface area contributed by atoms with Crippen molar-refractivity contribution in [1.82, 2.24) is 14.9 Å². The van der Waals surface area contributed by atoms with E-state index in [0.29, 0.717) is 5.15 Å². The van der Waals surface area contributed by atoms with Crippen molar-refractivity contribution in [3.05, 3.63) is 98.6 Å². The van der Waals surface area contributed by atoms with Gasteiger partial charge in [-0.25, -0.2) is 4.98 Å². The van der Waals surface area contributed by atoms with Gasteiger partial charge in [0.05, 0.1) is 5.69 Å². The molecule has 0 radical (unpaired) electrons. The average Bonchev–Trinajstić information content (AvgIpc) is 2.93. The van der Waals surface area contributed by atoms with Crippen LogP contribution in [-0.2, 0) is 19.4 Å². The molecule has 30 heavy (non-hydrogen) atoms. The summed E-state index contributed by atoms with van der Waals surface area (Å²) in [5.74, 6) is 0. The summed E-state index contributed by atoms with van der Waals surface area (Å²) in [5, 5.41) is 1.41. The fraction of sp³-hybridized carbons (Fsp3) is 0.280. The van der Waals surface area contributed by atoms with Crippen molar-refractivity contribution in [3.8, 4) is 0 Å². The van der Waals surface area contributed by atoms with Crippen molar-refractivity contribution in [2.24, 2.45) is 0 Å². The van der Waals surface area contributed by atoms with E-state index in [1.54, 1.807) is 6.20 Å². The lowest BCUT2D eigenvalue weighted by Gasteiger charge is -2.30. The minimum absolute atomic E-state index is 0.606. The van der Waals surface area contributed by atoms with Crippen molar-refractivity contribution >= 4 is 28.8 Å². The van der Waals surface area contributed by atoms with Gasteiger partial charge < -0.3 is 0 Å². The summed E-state index contributed by atoms with van der Waals surface area (Å²) in [4.78, 5) is 11.5. The Labute approximate surface area is 187 Å². The van der Waals surface area contributed by atoms with Gasteiger partial charge in [-0.1, -0.05) is 47.0 Å². The summed E-state index contributed by atoms with van der Waals surface area (Å²) in [5.41, 5.74) is 9.02. The van der Waals surface area contributed by atoms with Gasteiger partial charge in [-0.05, 0) is 66.6 Å². The van der Waals surface area contributed by atoms with E-state index in [4.69, 9.17) is 28.2 Å². The van der Waals surface area contributed by atoms with Crippen LogP contribution in [0, 0.1) is 0 Å². The van der Waals surface area contributed by atoms with Crippen LogP contribution in [0.3, 0.4) is 0 Å². The second-order valence-corrected chi connectivity index (χ2v) is 8.82. The van der Waals surface area contributed by atoms with Crippen LogP contribution in [-0.4, -0.2) is 28.0 Å². The van der Waals surface area contributed by atoms with E-state index in [2.05, 4.69) is 34.1 Å². The minimum Gasteiger partial charge on any atom is -0.298 e. The van der Waals surface area contributed by atoms with Crippen LogP contribution in [0.1, 0.15) is 40.8 Å². The molecule has 0 atom stereocenters. The number of aromatic nitrogens is 2. The molecule has 3 nitrogen and oxygen atoms in total. The average molecular weight is 436 g/mol. The van der Waals surface area contributed by atoms with E-state index in [1.807, 2.05) is 24.4 Å². The fourth-order valence-electron chi connectivity index (χ4n) is 4.64. The van der Waals surface area contributed by atoms with Crippen LogP contribution >= 0.6 is 23.2 Å². The number of rotatable bonds is 2. The Morgan fingerprint density at radius 2 is 1.60 bits per heavy atom. The first-order valence-corrected chi connectivity index (χ1v) is 11.2. The van der Waals surface area contributed by atoms with Gasteiger partial charge in [0.2, 0.25) is 0 Å². The number of halogens is 2. The standard InChI is InChI=1S/C25H23Cl2N3/c26-21-7-8-22-19(15-21)6-5-18-3-1-11-28-24(18)23(22)17-9-13-30(14-10-17)16-20-4-2-12-29-25(20)27/h1-4,7-8,11-12,15H,5-6,9-10,13-14,16H2. The van der Waals surface area contributed by atoms with E-state index < -0.39 is 0 Å². The predicted octanol–water partition coefficient (Wildman–Crippen LogP) is 5.98. The van der Waals surface area contributed by atoms with E-state index >= 15 is 0 Å². The Morgan fingerprint density at radius 1 is 0.833 bits per heavy atom. The third-order valence-corrected chi connectivity index (χ3v) is 6.75. The minimum atomic E-state index is 0.606. The molecule has 5 rings (SSSR count). The number of likely N-dealkylation sites (tertiary alicyclic amines) is 1. The van der Waals surface area contributed by atoms with Crippen molar-refractivity contribution in [1.29, 1.82) is 0 Å². The monoisotopic (exact) mass is 435 g/mol. The van der Waals surface area contributed by atoms with Gasteiger partial charge in [0.25, 0.3) is 0 Å². The van der Waals surface area contributed by atoms with Crippen LogP contribution in [0.25, 0.3) is 5.57 Å². The first-order valence-electron chi connectivity index (χ1n) is 10.5. The highest BCUT2D eigenvalue weighted by Crippen LogP contribution is 2.38. The predicted molar refractivity (Wildman–Crippen MR) is 123 cm³/mol. The van der Waals surface area contributed by atoms with Gasteiger partial charge >= 0.3 is 0 Å².